The van der Waals surface area contributed by atoms with Crippen LogP contribution >= 0.6 is 11.6 Å². The number of amides is 3. The molecule has 0 radical (unpaired) electrons. The van der Waals surface area contributed by atoms with E-state index >= 15 is 0 Å². The Bertz CT molecular complexity index is 482. The normalized spacial score (nSPS) is 15.1. The van der Waals surface area contributed by atoms with Crippen LogP contribution in [0.15, 0.2) is 24.3 Å². The van der Waals surface area contributed by atoms with E-state index < -0.39 is 0 Å². The second-order valence-corrected chi connectivity index (χ2v) is 5.21. The molecule has 1 N–H and O–H groups in total. The lowest BCUT2D eigenvalue weighted by atomic mass is 10.2. The predicted octanol–water partition coefficient (Wildman–Crippen LogP) is 1.71. The highest BCUT2D eigenvalue weighted by Gasteiger charge is 2.21. The molecule has 1 aromatic rings. The smallest absolute Gasteiger partial charge is 0.317 e. The van der Waals surface area contributed by atoms with Crippen molar-refractivity contribution in [3.05, 3.63) is 34.9 Å². The molecule has 0 atom stereocenters. The van der Waals surface area contributed by atoms with Gasteiger partial charge in [-0.15, -0.1) is 0 Å². The average molecular weight is 296 g/mol. The van der Waals surface area contributed by atoms with Crippen molar-refractivity contribution in [3.63, 3.8) is 0 Å². The molecule has 0 unspecified atom stereocenters. The van der Waals surface area contributed by atoms with E-state index in [9.17, 15) is 9.59 Å². The molecule has 0 saturated carbocycles. The molecule has 20 heavy (non-hydrogen) atoms. The Hall–Kier alpha value is -1.75. The number of urea groups is 1. The predicted molar refractivity (Wildman–Crippen MR) is 77.5 cm³/mol. The minimum Gasteiger partial charge on any atom is -0.339 e. The third kappa shape index (κ3) is 3.87. The highest BCUT2D eigenvalue weighted by Crippen LogP contribution is 2.09. The number of piperazine rings is 1. The van der Waals surface area contributed by atoms with Crippen molar-refractivity contribution in [2.75, 3.05) is 26.2 Å². The Morgan fingerprint density at radius 1 is 1.10 bits per heavy atom. The second kappa shape index (κ2) is 6.61. The van der Waals surface area contributed by atoms with Crippen LogP contribution in [0.4, 0.5) is 4.79 Å². The summed E-state index contributed by atoms with van der Waals surface area (Å²) in [5, 5.41) is 3.55. The molecule has 2 rings (SSSR count). The van der Waals surface area contributed by atoms with Crippen LogP contribution in [0.3, 0.4) is 0 Å². The van der Waals surface area contributed by atoms with Crippen molar-refractivity contribution in [2.45, 2.75) is 13.5 Å². The maximum atomic E-state index is 12.0. The van der Waals surface area contributed by atoms with Crippen LogP contribution in [0.5, 0.6) is 0 Å². The molecular weight excluding hydrogens is 278 g/mol. The van der Waals surface area contributed by atoms with Crippen LogP contribution in [0.1, 0.15) is 12.5 Å². The molecule has 0 bridgehead atoms. The van der Waals surface area contributed by atoms with E-state index in [0.717, 1.165) is 5.56 Å². The lowest BCUT2D eigenvalue weighted by molar-refractivity contribution is -0.130. The summed E-state index contributed by atoms with van der Waals surface area (Å²) in [6.07, 6.45) is 0. The number of hydrogen-bond donors (Lipinski definition) is 1. The van der Waals surface area contributed by atoms with E-state index in [4.69, 9.17) is 11.6 Å². The van der Waals surface area contributed by atoms with E-state index in [2.05, 4.69) is 5.32 Å². The van der Waals surface area contributed by atoms with Crippen molar-refractivity contribution >= 4 is 23.5 Å². The van der Waals surface area contributed by atoms with Crippen LogP contribution < -0.4 is 5.32 Å². The molecule has 1 aliphatic heterocycles. The summed E-state index contributed by atoms with van der Waals surface area (Å²) in [4.78, 5) is 26.7. The van der Waals surface area contributed by atoms with Crippen LogP contribution in [0, 0.1) is 0 Å². The molecular formula is C14H18ClN3O2. The number of carbonyl (C=O) groups is 2. The molecule has 6 heteroatoms. The van der Waals surface area contributed by atoms with Crippen molar-refractivity contribution < 1.29 is 9.59 Å². The summed E-state index contributed by atoms with van der Waals surface area (Å²) in [5.41, 5.74) is 1.00. The van der Waals surface area contributed by atoms with Gasteiger partial charge in [0, 0.05) is 44.7 Å². The molecule has 1 aliphatic rings. The molecule has 1 saturated heterocycles. The zero-order valence-electron chi connectivity index (χ0n) is 11.4. The van der Waals surface area contributed by atoms with E-state index in [-0.39, 0.29) is 11.9 Å². The Morgan fingerprint density at radius 2 is 1.65 bits per heavy atom. The lowest BCUT2D eigenvalue weighted by Gasteiger charge is -2.34. The van der Waals surface area contributed by atoms with Gasteiger partial charge in [-0.05, 0) is 17.7 Å². The van der Waals surface area contributed by atoms with Gasteiger partial charge in [0.2, 0.25) is 5.91 Å². The van der Waals surface area contributed by atoms with Crippen LogP contribution in [0.2, 0.25) is 5.02 Å². The van der Waals surface area contributed by atoms with Gasteiger partial charge >= 0.3 is 6.03 Å². The van der Waals surface area contributed by atoms with Crippen LogP contribution in [-0.2, 0) is 11.3 Å². The number of carbonyl (C=O) groups excluding carboxylic acids is 2. The highest BCUT2D eigenvalue weighted by atomic mass is 35.5. The van der Waals surface area contributed by atoms with Gasteiger partial charge in [0.15, 0.2) is 0 Å². The summed E-state index contributed by atoms with van der Waals surface area (Å²) in [5.74, 6) is 0.0613. The molecule has 1 aromatic carbocycles. The van der Waals surface area contributed by atoms with Gasteiger partial charge in [0.25, 0.3) is 0 Å². The summed E-state index contributed by atoms with van der Waals surface area (Å²) in [6.45, 7) is 4.38. The molecule has 108 valence electrons. The quantitative estimate of drug-likeness (QED) is 0.903. The Kier molecular flexibility index (Phi) is 4.84. The SMILES string of the molecule is CC(=O)N1CCN(C(=O)NCc2ccc(Cl)cc2)CC1. The summed E-state index contributed by atoms with van der Waals surface area (Å²) >= 11 is 5.81. The Balaban J connectivity index is 1.78. The number of hydrogen-bond acceptors (Lipinski definition) is 2. The highest BCUT2D eigenvalue weighted by molar-refractivity contribution is 6.30. The van der Waals surface area contributed by atoms with Crippen molar-refractivity contribution in [2.24, 2.45) is 0 Å². The maximum absolute atomic E-state index is 12.0. The first-order valence-electron chi connectivity index (χ1n) is 6.59. The largest absolute Gasteiger partial charge is 0.339 e. The van der Waals surface area contributed by atoms with Crippen molar-refractivity contribution in [3.8, 4) is 0 Å². The number of nitrogens with zero attached hydrogens (tertiary/aromatic N) is 2. The fraction of sp³-hybridized carbons (Fsp3) is 0.429. The Morgan fingerprint density at radius 3 is 2.20 bits per heavy atom. The zero-order chi connectivity index (χ0) is 14.5. The van der Waals surface area contributed by atoms with Gasteiger partial charge in [0.1, 0.15) is 0 Å². The first-order chi connectivity index (χ1) is 9.56. The zero-order valence-corrected chi connectivity index (χ0v) is 12.2. The van der Waals surface area contributed by atoms with Crippen molar-refractivity contribution in [1.82, 2.24) is 15.1 Å². The molecule has 0 spiro atoms. The lowest BCUT2D eigenvalue weighted by Crippen LogP contribution is -2.52. The van der Waals surface area contributed by atoms with Crippen molar-refractivity contribution in [1.29, 1.82) is 0 Å². The standard InChI is InChI=1S/C14H18ClN3O2/c1-11(19)17-6-8-18(9-7-17)14(20)16-10-12-2-4-13(15)5-3-12/h2-5H,6-10H2,1H3,(H,16,20). The van der Waals surface area contributed by atoms with E-state index in [1.165, 1.54) is 0 Å². The van der Waals surface area contributed by atoms with E-state index in [0.29, 0.717) is 37.7 Å². The number of rotatable bonds is 2. The fourth-order valence-electron chi connectivity index (χ4n) is 2.12. The third-order valence-electron chi connectivity index (χ3n) is 3.37. The molecule has 1 fully saturated rings. The number of benzene rings is 1. The third-order valence-corrected chi connectivity index (χ3v) is 3.62. The average Bonchev–Trinajstić information content (AvgIpc) is 2.46. The summed E-state index contributed by atoms with van der Waals surface area (Å²) < 4.78 is 0. The minimum absolute atomic E-state index is 0.0613. The van der Waals surface area contributed by atoms with Gasteiger partial charge in [-0.3, -0.25) is 4.79 Å². The molecule has 1 heterocycles. The van der Waals surface area contributed by atoms with Crippen LogP contribution in [0.25, 0.3) is 0 Å². The molecule has 0 aliphatic carbocycles. The first kappa shape index (κ1) is 14.7. The monoisotopic (exact) mass is 295 g/mol. The fourth-order valence-corrected chi connectivity index (χ4v) is 2.24. The van der Waals surface area contributed by atoms with E-state index in [1.807, 2.05) is 12.1 Å². The van der Waals surface area contributed by atoms with Gasteiger partial charge in [-0.1, -0.05) is 23.7 Å². The second-order valence-electron chi connectivity index (χ2n) is 4.78. The van der Waals surface area contributed by atoms with Crippen LogP contribution in [-0.4, -0.2) is 47.9 Å². The van der Waals surface area contributed by atoms with Gasteiger partial charge in [-0.25, -0.2) is 4.79 Å². The van der Waals surface area contributed by atoms with Gasteiger partial charge in [-0.2, -0.15) is 0 Å². The Labute approximate surface area is 123 Å². The number of nitrogens with one attached hydrogen (secondary N) is 1. The molecule has 5 nitrogen and oxygen atoms in total. The topological polar surface area (TPSA) is 52.7 Å². The molecule has 3 amide bonds. The summed E-state index contributed by atoms with van der Waals surface area (Å²) in [7, 11) is 0. The van der Waals surface area contributed by atoms with Gasteiger partial charge in [0.05, 0.1) is 0 Å². The minimum atomic E-state index is -0.0943. The van der Waals surface area contributed by atoms with E-state index in [1.54, 1.807) is 28.9 Å². The number of halogens is 1. The first-order valence-corrected chi connectivity index (χ1v) is 6.97. The summed E-state index contributed by atoms with van der Waals surface area (Å²) in [6, 6.07) is 7.28. The maximum Gasteiger partial charge on any atom is 0.317 e. The van der Waals surface area contributed by atoms with Gasteiger partial charge < -0.3 is 15.1 Å². The molecule has 0 aromatic heterocycles.